The highest BCUT2D eigenvalue weighted by Crippen LogP contribution is 2.42. The molecule has 0 radical (unpaired) electrons. The van der Waals surface area contributed by atoms with Gasteiger partial charge in [-0.1, -0.05) is 54.2 Å². The number of benzene rings is 2. The molecule has 1 aliphatic rings. The Labute approximate surface area is 250 Å². The molecule has 8 nitrogen and oxygen atoms in total. The zero-order chi connectivity index (χ0) is 30.4. The van der Waals surface area contributed by atoms with Gasteiger partial charge in [-0.25, -0.2) is 9.78 Å². The third kappa shape index (κ3) is 6.59. The Kier molecular flexibility index (Phi) is 9.57. The van der Waals surface area contributed by atoms with Crippen LogP contribution < -0.4 is 10.5 Å². The van der Waals surface area contributed by atoms with Gasteiger partial charge in [-0.15, -0.1) is 0 Å². The average Bonchev–Trinajstić information content (AvgIpc) is 2.97. The van der Waals surface area contributed by atoms with Gasteiger partial charge < -0.3 is 19.9 Å². The summed E-state index contributed by atoms with van der Waals surface area (Å²) in [6, 6.07) is 21.4. The number of carbonyl (C=O) groups is 1. The largest absolute Gasteiger partial charge is 0.489 e. The molecule has 4 rings (SSSR count). The number of esters is 1. The van der Waals surface area contributed by atoms with Gasteiger partial charge in [-0.3, -0.25) is 0 Å². The summed E-state index contributed by atoms with van der Waals surface area (Å²) in [4.78, 5) is 18.2. The maximum Gasteiger partial charge on any atom is 0.338 e. The molecule has 0 amide bonds. The summed E-state index contributed by atoms with van der Waals surface area (Å²) < 4.78 is 17.6. The molecular weight excluding hydrogens is 548 g/mol. The van der Waals surface area contributed by atoms with Crippen molar-refractivity contribution in [3.05, 3.63) is 111 Å². The van der Waals surface area contributed by atoms with Crippen LogP contribution in [0.2, 0.25) is 0 Å². The number of hydrogen-bond donors (Lipinski definition) is 1. The van der Waals surface area contributed by atoms with E-state index in [4.69, 9.17) is 19.9 Å². The molecule has 1 aliphatic heterocycles. The number of aryl methyl sites for hydroxylation is 1. The Morgan fingerprint density at radius 1 is 1.07 bits per heavy atom. The number of aromatic nitrogens is 1. The topological polar surface area (TPSA) is 131 Å². The van der Waals surface area contributed by atoms with E-state index < -0.39 is 18.0 Å². The number of thioether (sulfide) groups is 1. The molecule has 0 saturated heterocycles. The fraction of sp³-hybridized carbons (Fsp3) is 0.273. The molecule has 3 aromatic rings. The number of hydrogen-bond acceptors (Lipinski definition) is 9. The first kappa shape index (κ1) is 30.2. The van der Waals surface area contributed by atoms with Crippen molar-refractivity contribution in [2.24, 2.45) is 5.73 Å². The third-order valence-corrected chi connectivity index (χ3v) is 7.89. The van der Waals surface area contributed by atoms with E-state index in [-0.39, 0.29) is 28.5 Å². The summed E-state index contributed by atoms with van der Waals surface area (Å²) in [5, 5.41) is 20.5. The summed E-state index contributed by atoms with van der Waals surface area (Å²) in [6.45, 7) is 9.55. The molecule has 1 aromatic heterocycles. The minimum absolute atomic E-state index is 0.0949. The fourth-order valence-electron chi connectivity index (χ4n) is 4.57. The molecule has 0 spiro atoms. The van der Waals surface area contributed by atoms with Crippen LogP contribution >= 0.6 is 11.8 Å². The second-order valence-corrected chi connectivity index (χ2v) is 11.1. The molecule has 0 fully saturated rings. The van der Waals surface area contributed by atoms with Crippen molar-refractivity contribution < 1.29 is 19.0 Å². The SMILES string of the molecule is Cc1nc(SCC2=C(C(=O)OC(C)C)[C@H](c3cccc(OCc4ccccc4)c3)C(C#N)=C(N)O2)c(C#N)c(C)c1C. The highest BCUT2D eigenvalue weighted by molar-refractivity contribution is 7.99. The first-order chi connectivity index (χ1) is 20.1. The van der Waals surface area contributed by atoms with Gasteiger partial charge in [0.25, 0.3) is 0 Å². The summed E-state index contributed by atoms with van der Waals surface area (Å²) >= 11 is 1.26. The molecule has 214 valence electrons. The van der Waals surface area contributed by atoms with Gasteiger partial charge in [0.15, 0.2) is 0 Å². The van der Waals surface area contributed by atoms with E-state index in [9.17, 15) is 15.3 Å². The Morgan fingerprint density at radius 3 is 2.48 bits per heavy atom. The lowest BCUT2D eigenvalue weighted by Crippen LogP contribution is -2.28. The van der Waals surface area contributed by atoms with Crippen molar-refractivity contribution in [2.75, 3.05) is 5.75 Å². The number of nitriles is 2. The van der Waals surface area contributed by atoms with Crippen LogP contribution in [0.1, 0.15) is 53.3 Å². The van der Waals surface area contributed by atoms with Crippen LogP contribution in [-0.4, -0.2) is 22.8 Å². The maximum absolute atomic E-state index is 13.6. The number of carbonyl (C=O) groups excluding carboxylic acids is 1. The molecule has 2 aromatic carbocycles. The van der Waals surface area contributed by atoms with Crippen molar-refractivity contribution in [1.29, 1.82) is 10.5 Å². The first-order valence-corrected chi connectivity index (χ1v) is 14.4. The molecule has 2 heterocycles. The lowest BCUT2D eigenvalue weighted by Gasteiger charge is -2.29. The van der Waals surface area contributed by atoms with E-state index in [1.165, 1.54) is 11.8 Å². The number of allylic oxidation sites excluding steroid dienone is 1. The summed E-state index contributed by atoms with van der Waals surface area (Å²) in [7, 11) is 0. The van der Waals surface area contributed by atoms with Crippen molar-refractivity contribution >= 4 is 17.7 Å². The summed E-state index contributed by atoms with van der Waals surface area (Å²) in [5.41, 5.74) is 11.2. The second kappa shape index (κ2) is 13.3. The van der Waals surface area contributed by atoms with Gasteiger partial charge in [0.1, 0.15) is 40.9 Å². The van der Waals surface area contributed by atoms with E-state index >= 15 is 0 Å². The van der Waals surface area contributed by atoms with E-state index in [1.54, 1.807) is 26.0 Å². The maximum atomic E-state index is 13.6. The summed E-state index contributed by atoms with van der Waals surface area (Å²) in [6.07, 6.45) is -0.414. The predicted molar refractivity (Wildman–Crippen MR) is 160 cm³/mol. The summed E-state index contributed by atoms with van der Waals surface area (Å²) in [5.74, 6) is -0.628. The zero-order valence-corrected chi connectivity index (χ0v) is 25.0. The van der Waals surface area contributed by atoms with E-state index in [2.05, 4.69) is 17.1 Å². The fourth-order valence-corrected chi connectivity index (χ4v) is 5.59. The first-order valence-electron chi connectivity index (χ1n) is 13.4. The highest BCUT2D eigenvalue weighted by atomic mass is 32.2. The molecule has 9 heteroatoms. The van der Waals surface area contributed by atoms with Gasteiger partial charge in [0.2, 0.25) is 5.88 Å². The van der Waals surface area contributed by atoms with Crippen LogP contribution in [0.25, 0.3) is 0 Å². The molecule has 1 atom stereocenters. The van der Waals surface area contributed by atoms with Crippen LogP contribution in [0.15, 0.2) is 82.4 Å². The normalized spacial score (nSPS) is 14.7. The van der Waals surface area contributed by atoms with Crippen molar-refractivity contribution in [1.82, 2.24) is 4.98 Å². The molecular formula is C33H32N4O4S. The lowest BCUT2D eigenvalue weighted by molar-refractivity contribution is -0.143. The van der Waals surface area contributed by atoms with Crippen molar-refractivity contribution in [3.8, 4) is 17.9 Å². The van der Waals surface area contributed by atoms with Crippen LogP contribution in [0, 0.1) is 43.4 Å². The smallest absolute Gasteiger partial charge is 0.338 e. The molecule has 0 bridgehead atoms. The minimum atomic E-state index is -0.851. The third-order valence-electron chi connectivity index (χ3n) is 6.91. The van der Waals surface area contributed by atoms with Crippen LogP contribution in [0.5, 0.6) is 5.75 Å². The van der Waals surface area contributed by atoms with Crippen molar-refractivity contribution in [2.45, 2.75) is 58.3 Å². The van der Waals surface area contributed by atoms with Crippen LogP contribution in [0.3, 0.4) is 0 Å². The second-order valence-electron chi connectivity index (χ2n) is 10.1. The average molecular weight is 581 g/mol. The van der Waals surface area contributed by atoms with Crippen LogP contribution in [-0.2, 0) is 20.9 Å². The van der Waals surface area contributed by atoms with E-state index in [0.29, 0.717) is 28.5 Å². The number of pyridine rings is 1. The Morgan fingerprint density at radius 2 is 1.81 bits per heavy atom. The van der Waals surface area contributed by atoms with Crippen LogP contribution in [0.4, 0.5) is 0 Å². The Balaban J connectivity index is 1.76. The van der Waals surface area contributed by atoms with Gasteiger partial charge in [0, 0.05) is 5.69 Å². The molecule has 42 heavy (non-hydrogen) atoms. The van der Waals surface area contributed by atoms with E-state index in [1.807, 2.05) is 63.2 Å². The Bertz CT molecular complexity index is 1650. The number of rotatable bonds is 9. The predicted octanol–water partition coefficient (Wildman–Crippen LogP) is 6.26. The number of nitrogens with two attached hydrogens (primary N) is 1. The van der Waals surface area contributed by atoms with Gasteiger partial charge in [-0.2, -0.15) is 10.5 Å². The highest BCUT2D eigenvalue weighted by Gasteiger charge is 2.38. The minimum Gasteiger partial charge on any atom is -0.489 e. The monoisotopic (exact) mass is 580 g/mol. The molecule has 0 saturated carbocycles. The molecule has 0 unspecified atom stereocenters. The zero-order valence-electron chi connectivity index (χ0n) is 24.2. The number of nitrogens with zero attached hydrogens (tertiary/aromatic N) is 3. The molecule has 2 N–H and O–H groups in total. The lowest BCUT2D eigenvalue weighted by atomic mass is 9.83. The van der Waals surface area contributed by atoms with Crippen molar-refractivity contribution in [3.63, 3.8) is 0 Å². The van der Waals surface area contributed by atoms with Gasteiger partial charge >= 0.3 is 5.97 Å². The van der Waals surface area contributed by atoms with E-state index in [0.717, 1.165) is 22.4 Å². The quantitative estimate of drug-likeness (QED) is 0.230. The Hall–Kier alpha value is -4.73. The number of ether oxygens (including phenoxy) is 3. The van der Waals surface area contributed by atoms with Gasteiger partial charge in [0.05, 0.1) is 28.9 Å². The molecule has 0 aliphatic carbocycles. The van der Waals surface area contributed by atoms with Gasteiger partial charge in [-0.05, 0) is 69.0 Å². The standard InChI is InChI=1S/C33H32N4O4S/c1-19(2)40-33(38)30-28(18-42-32-26(15-34)21(4)20(3)22(5)37-32)41-31(36)27(16-35)29(30)24-12-9-13-25(14-24)39-17-23-10-7-6-8-11-23/h6-14,19,29H,17-18,36H2,1-5H3/t29-/m1/s1.